The van der Waals surface area contributed by atoms with Gasteiger partial charge in [-0.2, -0.15) is 0 Å². The highest BCUT2D eigenvalue weighted by molar-refractivity contribution is 7.91. The van der Waals surface area contributed by atoms with Gasteiger partial charge in [0.2, 0.25) is 15.9 Å². The lowest BCUT2D eigenvalue weighted by Gasteiger charge is -2.21. The molecule has 0 aromatic heterocycles. The van der Waals surface area contributed by atoms with Gasteiger partial charge in [0, 0.05) is 0 Å². The summed E-state index contributed by atoms with van der Waals surface area (Å²) in [6, 6.07) is 13.1. The Morgan fingerprint density at radius 3 is 2.32 bits per heavy atom. The van der Waals surface area contributed by atoms with Crippen molar-refractivity contribution in [3.63, 3.8) is 0 Å². The van der Waals surface area contributed by atoms with Crippen LogP contribution in [0, 0.1) is 19.3 Å². The third kappa shape index (κ3) is 4.55. The lowest BCUT2D eigenvalue weighted by atomic mass is 9.88. The minimum Gasteiger partial charge on any atom is -0.475 e. The minimum atomic E-state index is -3.59. The number of aliphatic imine (C=N–C) groups is 1. The maximum atomic E-state index is 12.9. The molecule has 0 fully saturated rings. The number of sulfonamides is 1. The SMILES string of the molecule is Cc1cccc(C)c1CS(=O)(=O)Nc1ccccc1C1=N[C@H](C(C)(C)C)CO1. The van der Waals surface area contributed by atoms with Crippen LogP contribution in [-0.2, 0) is 20.5 Å². The summed E-state index contributed by atoms with van der Waals surface area (Å²) >= 11 is 0. The summed E-state index contributed by atoms with van der Waals surface area (Å²) in [7, 11) is -3.59. The van der Waals surface area contributed by atoms with Gasteiger partial charge in [-0.3, -0.25) is 4.72 Å². The number of nitrogens with one attached hydrogen (secondary N) is 1. The molecule has 0 bridgehead atoms. The first-order chi connectivity index (χ1) is 13.1. The van der Waals surface area contributed by atoms with Crippen LogP contribution in [0.1, 0.15) is 43.0 Å². The number of rotatable bonds is 5. The van der Waals surface area contributed by atoms with E-state index in [0.29, 0.717) is 23.8 Å². The molecule has 0 amide bonds. The van der Waals surface area contributed by atoms with Gasteiger partial charge >= 0.3 is 0 Å². The molecule has 28 heavy (non-hydrogen) atoms. The zero-order valence-electron chi connectivity index (χ0n) is 17.1. The highest BCUT2D eigenvalue weighted by Crippen LogP contribution is 2.29. The topological polar surface area (TPSA) is 67.8 Å². The maximum absolute atomic E-state index is 12.9. The van der Waals surface area contributed by atoms with Crippen LogP contribution in [0.4, 0.5) is 5.69 Å². The van der Waals surface area contributed by atoms with Crippen LogP contribution in [-0.4, -0.2) is 27.0 Å². The van der Waals surface area contributed by atoms with Crippen molar-refractivity contribution in [3.8, 4) is 0 Å². The molecule has 150 valence electrons. The summed E-state index contributed by atoms with van der Waals surface area (Å²) in [5, 5.41) is 0. The van der Waals surface area contributed by atoms with Gasteiger partial charge in [0.05, 0.1) is 23.0 Å². The summed E-state index contributed by atoms with van der Waals surface area (Å²) in [5.74, 6) is 0.419. The van der Waals surface area contributed by atoms with Gasteiger partial charge in [-0.25, -0.2) is 13.4 Å². The van der Waals surface area contributed by atoms with Gasteiger partial charge in [0.15, 0.2) is 0 Å². The quantitative estimate of drug-likeness (QED) is 0.807. The first-order valence-corrected chi connectivity index (χ1v) is 11.1. The first kappa shape index (κ1) is 20.4. The number of nitrogens with zero attached hydrogens (tertiary/aromatic N) is 1. The number of aryl methyl sites for hydroxylation is 2. The van der Waals surface area contributed by atoms with E-state index in [-0.39, 0.29) is 17.2 Å². The molecule has 0 saturated heterocycles. The molecule has 0 spiro atoms. The Balaban J connectivity index is 1.88. The van der Waals surface area contributed by atoms with Crippen molar-refractivity contribution in [3.05, 3.63) is 64.7 Å². The van der Waals surface area contributed by atoms with Gasteiger partial charge in [0.1, 0.15) is 6.61 Å². The summed E-state index contributed by atoms with van der Waals surface area (Å²) < 4.78 is 34.3. The van der Waals surface area contributed by atoms with Gasteiger partial charge in [-0.15, -0.1) is 0 Å². The molecule has 0 aliphatic carbocycles. The molecule has 1 atom stereocenters. The van der Waals surface area contributed by atoms with E-state index in [0.717, 1.165) is 16.7 Å². The molecular weight excluding hydrogens is 372 g/mol. The largest absolute Gasteiger partial charge is 0.475 e. The van der Waals surface area contributed by atoms with Crippen molar-refractivity contribution < 1.29 is 13.2 Å². The number of hydrogen-bond donors (Lipinski definition) is 1. The van der Waals surface area contributed by atoms with Crippen LogP contribution >= 0.6 is 0 Å². The summed E-state index contributed by atoms with van der Waals surface area (Å²) in [5.41, 5.74) is 3.90. The van der Waals surface area contributed by atoms with Crippen LogP contribution in [0.2, 0.25) is 0 Å². The van der Waals surface area contributed by atoms with E-state index in [9.17, 15) is 8.42 Å². The van der Waals surface area contributed by atoms with Crippen molar-refractivity contribution in [2.75, 3.05) is 11.3 Å². The van der Waals surface area contributed by atoms with Crippen molar-refractivity contribution in [2.24, 2.45) is 10.4 Å². The van der Waals surface area contributed by atoms with Crippen molar-refractivity contribution in [1.29, 1.82) is 0 Å². The zero-order valence-corrected chi connectivity index (χ0v) is 17.9. The molecule has 1 aliphatic heterocycles. The van der Waals surface area contributed by atoms with E-state index in [4.69, 9.17) is 9.73 Å². The number of ether oxygens (including phenoxy) is 1. The standard InChI is InChI=1S/C22H28N2O3S/c1-15-9-8-10-16(2)18(15)14-28(25,26)24-19-12-7-6-11-17(19)21-23-20(13-27-21)22(3,4)5/h6-12,20,24H,13-14H2,1-5H3/t20-/m0/s1. The van der Waals surface area contributed by atoms with Crippen LogP contribution in [0.3, 0.4) is 0 Å². The fourth-order valence-electron chi connectivity index (χ4n) is 3.19. The summed E-state index contributed by atoms with van der Waals surface area (Å²) in [6.07, 6.45) is 0. The van der Waals surface area contributed by atoms with Crippen molar-refractivity contribution in [2.45, 2.75) is 46.4 Å². The van der Waals surface area contributed by atoms with Crippen molar-refractivity contribution in [1.82, 2.24) is 0 Å². The second kappa shape index (κ2) is 7.59. The molecule has 5 nitrogen and oxygen atoms in total. The van der Waals surface area contributed by atoms with Gasteiger partial charge in [-0.1, -0.05) is 51.1 Å². The fraction of sp³-hybridized carbons (Fsp3) is 0.409. The minimum absolute atomic E-state index is 0.0153. The number of para-hydroxylation sites is 1. The summed E-state index contributed by atoms with van der Waals surface area (Å²) in [6.45, 7) is 10.7. The van der Waals surface area contributed by atoms with E-state index >= 15 is 0 Å². The second-order valence-electron chi connectivity index (χ2n) is 8.40. The molecule has 1 heterocycles. The molecule has 1 N–H and O–H groups in total. The average molecular weight is 401 g/mol. The van der Waals surface area contributed by atoms with E-state index in [1.165, 1.54) is 0 Å². The Hall–Kier alpha value is -2.34. The van der Waals surface area contributed by atoms with E-state index in [2.05, 4.69) is 25.5 Å². The van der Waals surface area contributed by atoms with Gasteiger partial charge in [0.25, 0.3) is 0 Å². The van der Waals surface area contributed by atoms with Gasteiger partial charge in [-0.05, 0) is 48.1 Å². The highest BCUT2D eigenvalue weighted by Gasteiger charge is 2.31. The third-order valence-electron chi connectivity index (χ3n) is 5.05. The van der Waals surface area contributed by atoms with E-state index in [1.54, 1.807) is 12.1 Å². The van der Waals surface area contributed by atoms with Crippen molar-refractivity contribution >= 4 is 21.6 Å². The normalized spacial score (nSPS) is 17.2. The smallest absolute Gasteiger partial charge is 0.236 e. The molecule has 1 aliphatic rings. The fourth-order valence-corrected chi connectivity index (χ4v) is 4.61. The van der Waals surface area contributed by atoms with E-state index in [1.807, 2.05) is 44.2 Å². The monoisotopic (exact) mass is 400 g/mol. The van der Waals surface area contributed by atoms with Crippen LogP contribution in [0.25, 0.3) is 0 Å². The van der Waals surface area contributed by atoms with Crippen LogP contribution < -0.4 is 4.72 Å². The van der Waals surface area contributed by atoms with Crippen LogP contribution in [0.15, 0.2) is 47.5 Å². The Kier molecular flexibility index (Phi) is 5.53. The molecule has 2 aromatic rings. The summed E-state index contributed by atoms with van der Waals surface area (Å²) in [4.78, 5) is 4.69. The first-order valence-electron chi connectivity index (χ1n) is 9.42. The second-order valence-corrected chi connectivity index (χ2v) is 10.1. The molecule has 6 heteroatoms. The Labute approximate surface area is 167 Å². The Bertz CT molecular complexity index is 984. The highest BCUT2D eigenvalue weighted by atomic mass is 32.2. The number of hydrogen-bond acceptors (Lipinski definition) is 4. The number of benzene rings is 2. The molecule has 2 aromatic carbocycles. The number of anilines is 1. The molecule has 0 saturated carbocycles. The molecule has 0 unspecified atom stereocenters. The molecular formula is C22H28N2O3S. The molecule has 0 radical (unpaired) electrons. The predicted octanol–water partition coefficient (Wildman–Crippen LogP) is 4.44. The molecule has 3 rings (SSSR count). The zero-order chi connectivity index (χ0) is 20.5. The Morgan fingerprint density at radius 2 is 1.71 bits per heavy atom. The third-order valence-corrected chi connectivity index (χ3v) is 6.25. The predicted molar refractivity (Wildman–Crippen MR) is 114 cm³/mol. The maximum Gasteiger partial charge on any atom is 0.236 e. The van der Waals surface area contributed by atoms with Crippen LogP contribution in [0.5, 0.6) is 0 Å². The lowest BCUT2D eigenvalue weighted by molar-refractivity contribution is 0.236. The van der Waals surface area contributed by atoms with Gasteiger partial charge < -0.3 is 4.74 Å². The van der Waals surface area contributed by atoms with E-state index < -0.39 is 10.0 Å². The lowest BCUT2D eigenvalue weighted by Crippen LogP contribution is -2.25. The average Bonchev–Trinajstić information content (AvgIpc) is 3.09. The Morgan fingerprint density at radius 1 is 1.07 bits per heavy atom.